The Kier molecular flexibility index (Phi) is 4.80. The van der Waals surface area contributed by atoms with Crippen LogP contribution in [0.5, 0.6) is 0 Å². The van der Waals surface area contributed by atoms with Gasteiger partial charge in [0.25, 0.3) is 6.43 Å². The van der Waals surface area contributed by atoms with E-state index >= 15 is 0 Å². The molecule has 5 atom stereocenters. The van der Waals surface area contributed by atoms with Crippen LogP contribution in [0.4, 0.5) is 22.0 Å². The van der Waals surface area contributed by atoms with Gasteiger partial charge in [-0.2, -0.15) is 18.3 Å². The predicted molar refractivity (Wildman–Crippen MR) is 103 cm³/mol. The molecule has 11 heteroatoms. The molecule has 4 fully saturated rings. The second kappa shape index (κ2) is 6.88. The van der Waals surface area contributed by atoms with E-state index in [2.05, 4.69) is 10.00 Å². The second-order valence-corrected chi connectivity index (χ2v) is 12.1. The first-order chi connectivity index (χ1) is 14.4. The van der Waals surface area contributed by atoms with Crippen molar-refractivity contribution in [3.8, 4) is 0 Å². The quantitative estimate of drug-likeness (QED) is 0.634. The summed E-state index contributed by atoms with van der Waals surface area (Å²) in [5, 5.41) is 3.50. The molecule has 1 aromatic heterocycles. The molecule has 5 rings (SSSR count). The topological polar surface area (TPSA) is 55.2 Å². The Labute approximate surface area is 177 Å². The van der Waals surface area contributed by atoms with Crippen LogP contribution in [0.3, 0.4) is 0 Å². The molecule has 2 aliphatic carbocycles. The molecule has 0 amide bonds. The Hall–Kier alpha value is -1.23. The Morgan fingerprint density at radius 2 is 1.71 bits per heavy atom. The first-order valence-corrected chi connectivity index (χ1v) is 12.6. The van der Waals surface area contributed by atoms with Crippen LogP contribution in [0.15, 0.2) is 6.07 Å². The highest BCUT2D eigenvalue weighted by Gasteiger charge is 2.60. The Morgan fingerprint density at radius 1 is 1.13 bits per heavy atom. The average molecular weight is 468 g/mol. The lowest BCUT2D eigenvalue weighted by Crippen LogP contribution is -2.55. The van der Waals surface area contributed by atoms with Gasteiger partial charge in [-0.1, -0.05) is 0 Å². The van der Waals surface area contributed by atoms with Crippen LogP contribution in [0, 0.1) is 17.3 Å². The summed E-state index contributed by atoms with van der Waals surface area (Å²) in [6, 6.07) is -0.106. The number of likely N-dealkylation sites (tertiary alicyclic amines) is 1. The van der Waals surface area contributed by atoms with Crippen LogP contribution in [-0.2, 0) is 16.0 Å². The number of sulfone groups is 1. The van der Waals surface area contributed by atoms with Crippen LogP contribution in [-0.4, -0.2) is 60.2 Å². The monoisotopic (exact) mass is 467 g/mol. The lowest BCUT2D eigenvalue weighted by Gasteiger charge is -2.48. The van der Waals surface area contributed by atoms with Crippen LogP contribution in [0.25, 0.3) is 0 Å². The van der Waals surface area contributed by atoms with E-state index in [4.69, 9.17) is 0 Å². The van der Waals surface area contributed by atoms with Crippen molar-refractivity contribution in [2.24, 2.45) is 17.3 Å². The predicted octanol–water partition coefficient (Wildman–Crippen LogP) is 3.73. The van der Waals surface area contributed by atoms with Crippen LogP contribution in [0.1, 0.15) is 56.0 Å². The van der Waals surface area contributed by atoms with E-state index in [1.165, 1.54) is 6.92 Å². The Balaban J connectivity index is 1.24. The number of nitrogens with zero attached hydrogens (tertiary/aromatic N) is 3. The molecule has 1 aromatic rings. The van der Waals surface area contributed by atoms with Gasteiger partial charge in [0.15, 0.2) is 15.5 Å². The molecule has 174 valence electrons. The third-order valence-electron chi connectivity index (χ3n) is 7.99. The minimum Gasteiger partial charge on any atom is -0.300 e. The van der Waals surface area contributed by atoms with Gasteiger partial charge in [-0.05, 0) is 63.6 Å². The summed E-state index contributed by atoms with van der Waals surface area (Å²) in [5.41, 5.74) is -0.871. The lowest BCUT2D eigenvalue weighted by molar-refractivity contribution is -0.141. The van der Waals surface area contributed by atoms with Crippen LogP contribution >= 0.6 is 0 Å². The van der Waals surface area contributed by atoms with E-state index in [0.717, 1.165) is 49.5 Å². The summed E-state index contributed by atoms with van der Waals surface area (Å²) < 4.78 is 90.0. The molecular formula is C20H26F5N3O2S. The molecule has 0 unspecified atom stereocenters. The van der Waals surface area contributed by atoms with E-state index in [9.17, 15) is 30.4 Å². The van der Waals surface area contributed by atoms with Gasteiger partial charge in [0.05, 0.1) is 11.5 Å². The van der Waals surface area contributed by atoms with Gasteiger partial charge in [0.2, 0.25) is 0 Å². The van der Waals surface area contributed by atoms with E-state index in [-0.39, 0.29) is 28.9 Å². The highest BCUT2D eigenvalue weighted by Crippen LogP contribution is 2.64. The maximum Gasteiger partial charge on any atom is 0.435 e. The SMILES string of the molecule is C[C@H](C(F)F)n1nc(C(F)(F)F)cc1[C@H]1[C@@H]2C[C@@H](N3CCC4(CC3)CS(=O)(=O)C4)C[C@@H]21. The number of piperidine rings is 1. The summed E-state index contributed by atoms with van der Waals surface area (Å²) in [6.45, 7) is 2.90. The smallest absolute Gasteiger partial charge is 0.300 e. The zero-order valence-corrected chi connectivity index (χ0v) is 18.0. The fourth-order valence-corrected chi connectivity index (χ4v) is 8.68. The van der Waals surface area contributed by atoms with Crippen molar-refractivity contribution in [2.75, 3.05) is 24.6 Å². The summed E-state index contributed by atoms with van der Waals surface area (Å²) in [7, 11) is -2.85. The van der Waals surface area contributed by atoms with Crippen molar-refractivity contribution >= 4 is 9.84 Å². The number of hydrogen-bond donors (Lipinski definition) is 0. The van der Waals surface area contributed by atoms with Gasteiger partial charge in [-0.15, -0.1) is 0 Å². The molecular weight excluding hydrogens is 441 g/mol. The molecule has 0 radical (unpaired) electrons. The molecule has 31 heavy (non-hydrogen) atoms. The number of halogens is 5. The Morgan fingerprint density at radius 3 is 2.19 bits per heavy atom. The largest absolute Gasteiger partial charge is 0.435 e. The molecule has 0 aromatic carbocycles. The fourth-order valence-electron chi connectivity index (χ4n) is 6.32. The highest BCUT2D eigenvalue weighted by atomic mass is 32.2. The number of alkyl halides is 5. The molecule has 5 nitrogen and oxygen atoms in total. The number of fused-ring (bicyclic) bond motifs is 1. The van der Waals surface area contributed by atoms with Crippen molar-refractivity contribution in [3.05, 3.63) is 17.5 Å². The van der Waals surface area contributed by atoms with Crippen LogP contribution < -0.4 is 0 Å². The maximum absolute atomic E-state index is 13.2. The zero-order valence-electron chi connectivity index (χ0n) is 17.2. The van der Waals surface area contributed by atoms with Crippen molar-refractivity contribution in [2.45, 2.75) is 63.2 Å². The normalized spacial score (nSPS) is 35.2. The molecule has 1 spiro atoms. The van der Waals surface area contributed by atoms with Crippen molar-refractivity contribution in [1.82, 2.24) is 14.7 Å². The minimum atomic E-state index is -4.66. The third-order valence-corrected chi connectivity index (χ3v) is 10.1. The average Bonchev–Trinajstić information content (AvgIpc) is 3.02. The molecule has 2 saturated heterocycles. The summed E-state index contributed by atoms with van der Waals surface area (Å²) in [6.07, 6.45) is -4.02. The van der Waals surface area contributed by atoms with E-state index < -0.39 is 34.2 Å². The van der Waals surface area contributed by atoms with Crippen molar-refractivity contribution in [3.63, 3.8) is 0 Å². The standard InChI is InChI=1S/C20H26F5N3O2S/c1-11(18(21)22)28-15(8-16(26-28)20(23,24)25)17-13-6-12(7-14(13)17)27-4-2-19(3-5-27)9-31(29,30)10-19/h8,11-14,17-18H,2-7,9-10H2,1H3/t11-,12-,13-,14+,17+/m1/s1. The maximum atomic E-state index is 13.2. The number of rotatable bonds is 4. The zero-order chi connectivity index (χ0) is 22.3. The number of hydrogen-bond acceptors (Lipinski definition) is 4. The van der Waals surface area contributed by atoms with E-state index in [0.29, 0.717) is 17.5 Å². The minimum absolute atomic E-state index is 0.0503. The van der Waals surface area contributed by atoms with Gasteiger partial charge in [-0.25, -0.2) is 17.2 Å². The molecule has 2 saturated carbocycles. The highest BCUT2D eigenvalue weighted by molar-refractivity contribution is 7.92. The van der Waals surface area contributed by atoms with E-state index in [1.807, 2.05) is 0 Å². The van der Waals surface area contributed by atoms with Crippen LogP contribution in [0.2, 0.25) is 0 Å². The molecule has 4 aliphatic rings. The molecule has 3 heterocycles. The van der Waals surface area contributed by atoms with Gasteiger partial charge in [0, 0.05) is 23.1 Å². The second-order valence-electron chi connectivity index (χ2n) is 10.0. The van der Waals surface area contributed by atoms with Gasteiger partial charge < -0.3 is 4.90 Å². The molecule has 2 aliphatic heterocycles. The summed E-state index contributed by atoms with van der Waals surface area (Å²) in [5.74, 6) is 0.839. The fraction of sp³-hybridized carbons (Fsp3) is 0.850. The van der Waals surface area contributed by atoms with Crippen molar-refractivity contribution < 1.29 is 30.4 Å². The third kappa shape index (κ3) is 3.69. The van der Waals surface area contributed by atoms with E-state index in [1.54, 1.807) is 0 Å². The molecule has 0 N–H and O–H groups in total. The summed E-state index contributed by atoms with van der Waals surface area (Å²) >= 11 is 0. The van der Waals surface area contributed by atoms with Crippen molar-refractivity contribution in [1.29, 1.82) is 0 Å². The van der Waals surface area contributed by atoms with Gasteiger partial charge >= 0.3 is 6.18 Å². The molecule has 0 bridgehead atoms. The summed E-state index contributed by atoms with van der Waals surface area (Å²) in [4.78, 5) is 2.39. The lowest BCUT2D eigenvalue weighted by atomic mass is 9.80. The van der Waals surface area contributed by atoms with Gasteiger partial charge in [0.1, 0.15) is 6.04 Å². The van der Waals surface area contributed by atoms with Gasteiger partial charge in [-0.3, -0.25) is 4.68 Å². The Bertz CT molecular complexity index is 942. The first kappa shape index (κ1) is 21.6. The first-order valence-electron chi connectivity index (χ1n) is 10.8. The number of aromatic nitrogens is 2.